The van der Waals surface area contributed by atoms with Crippen molar-refractivity contribution in [1.29, 1.82) is 0 Å². The number of thioether (sulfide) groups is 1. The second-order valence-corrected chi connectivity index (χ2v) is 20.8. The molecule has 0 spiro atoms. The number of carbonyl (C=O) groups excluding carboxylic acids is 2. The van der Waals surface area contributed by atoms with Crippen molar-refractivity contribution < 1.29 is 33.3 Å². The van der Waals surface area contributed by atoms with Gasteiger partial charge in [0.2, 0.25) is 0 Å². The van der Waals surface area contributed by atoms with Crippen molar-refractivity contribution in [3.8, 4) is 0 Å². The van der Waals surface area contributed by atoms with Gasteiger partial charge in [-0.3, -0.25) is 9.59 Å². The standard InChI is InChI=1S/C36H54O7SSi/c1-26(38)41-31-24-27(42-36(40-10,21-22-37)35(31,8)9)23-28(25-32(39)44-33(2,3)4)43-45(34(5,6)7,29-17-13-11-14-18-29)30-19-15-12-16-20-30/h11-20,27-28,31,37H,21-25H2,1-10H3/t27-,28-,31+,36+/m1/s1. The number of methoxy groups -OCH3 is 1. The summed E-state index contributed by atoms with van der Waals surface area (Å²) >= 11 is 1.32. The summed E-state index contributed by atoms with van der Waals surface area (Å²) in [4.78, 5) is 25.9. The number of benzene rings is 2. The Morgan fingerprint density at radius 2 is 1.53 bits per heavy atom. The molecule has 0 radical (unpaired) electrons. The zero-order valence-electron chi connectivity index (χ0n) is 28.8. The van der Waals surface area contributed by atoms with Crippen molar-refractivity contribution in [2.24, 2.45) is 5.41 Å². The summed E-state index contributed by atoms with van der Waals surface area (Å²) in [6, 6.07) is 20.8. The first-order chi connectivity index (χ1) is 20.9. The number of aliphatic hydroxyl groups is 1. The third-order valence-corrected chi connectivity index (χ3v) is 14.9. The molecular formula is C36H54O7SSi. The minimum atomic E-state index is -3.03. The summed E-state index contributed by atoms with van der Waals surface area (Å²) in [6.07, 6.45) is -0.336. The van der Waals surface area contributed by atoms with Gasteiger partial charge in [0.15, 0.2) is 10.9 Å². The van der Waals surface area contributed by atoms with Crippen LogP contribution in [0.4, 0.5) is 0 Å². The van der Waals surface area contributed by atoms with Crippen LogP contribution < -0.4 is 10.4 Å². The van der Waals surface area contributed by atoms with Gasteiger partial charge < -0.3 is 23.7 Å². The minimum Gasteiger partial charge on any atom is -0.462 e. The third-order valence-electron chi connectivity index (χ3n) is 8.80. The number of carbonyl (C=O) groups is 2. The molecule has 0 bridgehead atoms. The number of esters is 1. The van der Waals surface area contributed by atoms with Gasteiger partial charge in [-0.25, -0.2) is 0 Å². The third kappa shape index (κ3) is 8.67. The summed E-state index contributed by atoms with van der Waals surface area (Å²) in [5, 5.41) is 12.1. The predicted octanol–water partition coefficient (Wildman–Crippen LogP) is 6.24. The van der Waals surface area contributed by atoms with E-state index in [2.05, 4.69) is 45.0 Å². The highest BCUT2D eigenvalue weighted by atomic mass is 32.2. The van der Waals surface area contributed by atoms with Crippen LogP contribution in [0.15, 0.2) is 60.7 Å². The topological polar surface area (TPSA) is 91.3 Å². The number of ether oxygens (including phenoxy) is 3. The minimum absolute atomic E-state index is 0.0477. The highest BCUT2D eigenvalue weighted by molar-refractivity contribution is 8.14. The van der Waals surface area contributed by atoms with Crippen LogP contribution in [-0.4, -0.2) is 67.1 Å². The molecule has 1 N–H and O–H groups in total. The van der Waals surface area contributed by atoms with Gasteiger partial charge in [0.25, 0.3) is 8.32 Å². The van der Waals surface area contributed by atoms with E-state index in [0.29, 0.717) is 12.8 Å². The zero-order chi connectivity index (χ0) is 33.7. The molecule has 0 aliphatic carbocycles. The summed E-state index contributed by atoms with van der Waals surface area (Å²) in [5.74, 6) is -1.60. The van der Waals surface area contributed by atoms with Gasteiger partial charge in [0, 0.05) is 44.6 Å². The van der Waals surface area contributed by atoms with Gasteiger partial charge >= 0.3 is 5.97 Å². The van der Waals surface area contributed by atoms with Crippen LogP contribution in [0.2, 0.25) is 5.04 Å². The zero-order valence-corrected chi connectivity index (χ0v) is 30.7. The van der Waals surface area contributed by atoms with E-state index < -0.39 is 37.8 Å². The van der Waals surface area contributed by atoms with E-state index in [9.17, 15) is 14.7 Å². The average Bonchev–Trinajstić information content (AvgIpc) is 2.93. The Morgan fingerprint density at radius 3 is 1.96 bits per heavy atom. The summed E-state index contributed by atoms with van der Waals surface area (Å²) in [5.41, 5.74) is -0.751. The molecule has 2 aromatic rings. The van der Waals surface area contributed by atoms with Crippen LogP contribution in [0.25, 0.3) is 0 Å². The summed E-state index contributed by atoms with van der Waals surface area (Å²) in [7, 11) is -1.47. The van der Waals surface area contributed by atoms with E-state index in [4.69, 9.17) is 18.6 Å². The van der Waals surface area contributed by atoms with E-state index >= 15 is 0 Å². The molecule has 3 rings (SSSR count). The van der Waals surface area contributed by atoms with Gasteiger partial charge in [0.05, 0.1) is 17.6 Å². The van der Waals surface area contributed by atoms with Crippen LogP contribution in [0.1, 0.15) is 88.0 Å². The van der Waals surface area contributed by atoms with E-state index in [1.807, 2.05) is 71.0 Å². The molecule has 1 saturated heterocycles. The maximum absolute atomic E-state index is 13.6. The molecule has 9 heteroatoms. The molecule has 1 fully saturated rings. The average molecular weight is 659 g/mol. The lowest BCUT2D eigenvalue weighted by Crippen LogP contribution is -2.68. The molecule has 0 saturated carbocycles. The van der Waals surface area contributed by atoms with Gasteiger partial charge in [-0.2, -0.15) is 0 Å². The lowest BCUT2D eigenvalue weighted by atomic mass is 9.71. The first-order valence-corrected chi connectivity index (χ1v) is 18.6. The number of rotatable bonds is 12. The van der Waals surface area contributed by atoms with Gasteiger partial charge in [-0.05, 0) is 21.8 Å². The fourth-order valence-electron chi connectivity index (χ4n) is 6.71. The number of hydrogen-bond donors (Lipinski definition) is 1. The lowest BCUT2D eigenvalue weighted by Gasteiger charge is -2.54. The lowest BCUT2D eigenvalue weighted by molar-refractivity contribution is -0.352. The molecule has 1 aliphatic rings. The summed E-state index contributed by atoms with van der Waals surface area (Å²) in [6.45, 7) is 17.9. The van der Waals surface area contributed by atoms with E-state index in [1.54, 1.807) is 7.11 Å². The van der Waals surface area contributed by atoms with Crippen molar-refractivity contribution in [1.82, 2.24) is 0 Å². The maximum Gasteiger partial charge on any atom is 0.302 e. The Hall–Kier alpha value is -2.01. The van der Waals surface area contributed by atoms with Crippen molar-refractivity contribution in [2.45, 2.75) is 122 Å². The molecule has 0 aromatic heterocycles. The Morgan fingerprint density at radius 1 is 1.00 bits per heavy atom. The molecule has 0 unspecified atom stereocenters. The van der Waals surface area contributed by atoms with E-state index in [-0.39, 0.29) is 40.3 Å². The number of hydrogen-bond acceptors (Lipinski definition) is 8. The second kappa shape index (κ2) is 14.8. The first kappa shape index (κ1) is 37.4. The second-order valence-electron chi connectivity index (χ2n) is 14.7. The number of aliphatic hydroxyl groups excluding tert-OH is 1. The fourth-order valence-corrected chi connectivity index (χ4v) is 12.4. The molecule has 7 nitrogen and oxygen atoms in total. The maximum atomic E-state index is 13.6. The van der Waals surface area contributed by atoms with Crippen LogP contribution >= 0.6 is 11.8 Å². The largest absolute Gasteiger partial charge is 0.462 e. The first-order valence-electron chi connectivity index (χ1n) is 15.9. The van der Waals surface area contributed by atoms with Crippen LogP contribution in [0.3, 0.4) is 0 Å². The summed E-state index contributed by atoms with van der Waals surface area (Å²) < 4.78 is 25.9. The fraction of sp³-hybridized carbons (Fsp3) is 0.611. The van der Waals surface area contributed by atoms with Crippen molar-refractivity contribution in [3.63, 3.8) is 0 Å². The van der Waals surface area contributed by atoms with Gasteiger partial charge in [-0.15, -0.1) is 0 Å². The molecule has 4 atom stereocenters. The van der Waals surface area contributed by atoms with Crippen molar-refractivity contribution >= 4 is 41.5 Å². The van der Waals surface area contributed by atoms with Crippen LogP contribution in [0.5, 0.6) is 0 Å². The quantitative estimate of drug-likeness (QED) is 0.212. The molecular weight excluding hydrogens is 605 g/mol. The normalized spacial score (nSPS) is 22.9. The van der Waals surface area contributed by atoms with Crippen LogP contribution in [0, 0.1) is 5.41 Å². The predicted molar refractivity (Wildman–Crippen MR) is 184 cm³/mol. The van der Waals surface area contributed by atoms with E-state index in [0.717, 1.165) is 10.4 Å². The van der Waals surface area contributed by atoms with Crippen molar-refractivity contribution in [3.05, 3.63) is 60.7 Å². The highest BCUT2D eigenvalue weighted by Gasteiger charge is 2.58. The van der Waals surface area contributed by atoms with Gasteiger partial charge in [-0.1, -0.05) is 128 Å². The molecule has 0 amide bonds. The Kier molecular flexibility index (Phi) is 12.3. The molecule has 250 valence electrons. The van der Waals surface area contributed by atoms with Crippen molar-refractivity contribution in [2.75, 3.05) is 13.7 Å². The molecule has 1 aliphatic heterocycles. The Labute approximate surface area is 275 Å². The van der Waals surface area contributed by atoms with Crippen LogP contribution in [-0.2, 0) is 28.2 Å². The molecule has 45 heavy (non-hydrogen) atoms. The highest BCUT2D eigenvalue weighted by Crippen LogP contribution is 2.49. The Bertz CT molecular complexity index is 1220. The van der Waals surface area contributed by atoms with Gasteiger partial charge in [0.1, 0.15) is 6.10 Å². The monoisotopic (exact) mass is 658 g/mol. The Balaban J connectivity index is 2.15. The smallest absolute Gasteiger partial charge is 0.302 e. The molecule has 1 heterocycles. The molecule has 2 aromatic carbocycles. The van der Waals surface area contributed by atoms with E-state index in [1.165, 1.54) is 18.7 Å². The SMILES string of the molecule is CO[C@@]1(CCO)O[C@H](C[C@H](CC(=O)SC(C)(C)C)O[Si](c2ccccc2)(c2ccccc2)C(C)(C)C)C[C@H](OC(C)=O)C1(C)C.